The number of hydrogen-bond acceptors (Lipinski definition) is 4. The Kier molecular flexibility index (Phi) is 5.78. The molecule has 1 atom stereocenters. The highest BCUT2D eigenvalue weighted by Crippen LogP contribution is 2.24. The van der Waals surface area contributed by atoms with Gasteiger partial charge in [0.25, 0.3) is 0 Å². The molecule has 0 amide bonds. The third kappa shape index (κ3) is 4.53. The molecule has 1 heterocycles. The van der Waals surface area contributed by atoms with Gasteiger partial charge in [-0.15, -0.1) is 0 Å². The van der Waals surface area contributed by atoms with E-state index in [9.17, 15) is 13.2 Å². The second-order valence-electron chi connectivity index (χ2n) is 6.14. The maximum Gasteiger partial charge on any atom is 0.317 e. The summed E-state index contributed by atoms with van der Waals surface area (Å²) < 4.78 is 27.1. The smallest absolute Gasteiger partial charge is 0.317 e. The van der Waals surface area contributed by atoms with Crippen molar-refractivity contribution in [3.63, 3.8) is 0 Å². The van der Waals surface area contributed by atoms with Crippen molar-refractivity contribution in [1.82, 2.24) is 9.62 Å². The molecule has 23 heavy (non-hydrogen) atoms. The third-order valence-electron chi connectivity index (χ3n) is 4.31. The van der Waals surface area contributed by atoms with Crippen LogP contribution in [0.2, 0.25) is 0 Å². The van der Waals surface area contributed by atoms with Gasteiger partial charge < -0.3 is 10.4 Å². The molecule has 2 N–H and O–H groups in total. The van der Waals surface area contributed by atoms with E-state index in [0.717, 1.165) is 24.0 Å². The lowest BCUT2D eigenvalue weighted by Gasteiger charge is -2.32. The standard InChI is InChI=1S/C16H24N2O4S/c1-12-5-6-15(8-13(12)2)23(21,22)18-7-3-4-14(11-18)9-17-10-16(19)20/h5-6,8,14,17H,3-4,7,9-11H2,1-2H3,(H,19,20). The molecule has 1 aromatic rings. The Bertz CT molecular complexity index is 673. The van der Waals surface area contributed by atoms with E-state index in [1.54, 1.807) is 12.1 Å². The first-order valence-corrected chi connectivity index (χ1v) is 9.24. The topological polar surface area (TPSA) is 86.7 Å². The lowest BCUT2D eigenvalue weighted by atomic mass is 10.00. The van der Waals surface area contributed by atoms with Gasteiger partial charge in [-0.05, 0) is 62.4 Å². The SMILES string of the molecule is Cc1ccc(S(=O)(=O)N2CCCC(CNCC(=O)O)C2)cc1C. The van der Waals surface area contributed by atoms with Gasteiger partial charge in [-0.1, -0.05) is 6.07 Å². The first kappa shape index (κ1) is 17.9. The molecule has 0 radical (unpaired) electrons. The van der Waals surface area contributed by atoms with Crippen LogP contribution in [0.15, 0.2) is 23.1 Å². The minimum atomic E-state index is -3.49. The van der Waals surface area contributed by atoms with Crippen LogP contribution in [0.4, 0.5) is 0 Å². The number of rotatable bonds is 6. The molecule has 0 bridgehead atoms. The van der Waals surface area contributed by atoms with E-state index in [4.69, 9.17) is 5.11 Å². The maximum absolute atomic E-state index is 12.8. The molecule has 1 unspecified atom stereocenters. The van der Waals surface area contributed by atoms with Crippen LogP contribution in [0.3, 0.4) is 0 Å². The number of nitrogens with one attached hydrogen (secondary N) is 1. The van der Waals surface area contributed by atoms with Crippen molar-refractivity contribution in [3.05, 3.63) is 29.3 Å². The van der Waals surface area contributed by atoms with E-state index in [-0.39, 0.29) is 12.5 Å². The minimum absolute atomic E-state index is 0.0968. The molecular weight excluding hydrogens is 316 g/mol. The summed E-state index contributed by atoms with van der Waals surface area (Å²) in [5.41, 5.74) is 2.03. The number of aliphatic carboxylic acids is 1. The number of aryl methyl sites for hydroxylation is 2. The Balaban J connectivity index is 2.06. The number of hydrogen-bond donors (Lipinski definition) is 2. The zero-order valence-corrected chi connectivity index (χ0v) is 14.4. The van der Waals surface area contributed by atoms with Gasteiger partial charge in [0, 0.05) is 13.1 Å². The number of piperidine rings is 1. The van der Waals surface area contributed by atoms with Crippen LogP contribution < -0.4 is 5.32 Å². The second kappa shape index (κ2) is 7.42. The van der Waals surface area contributed by atoms with Crippen molar-refractivity contribution in [2.75, 3.05) is 26.2 Å². The molecule has 0 aliphatic carbocycles. The van der Waals surface area contributed by atoms with Crippen molar-refractivity contribution in [1.29, 1.82) is 0 Å². The van der Waals surface area contributed by atoms with Crippen LogP contribution in [0.5, 0.6) is 0 Å². The predicted octanol–water partition coefficient (Wildman–Crippen LogP) is 1.38. The molecule has 1 saturated heterocycles. The Hall–Kier alpha value is -1.44. The average molecular weight is 340 g/mol. The molecule has 128 valence electrons. The van der Waals surface area contributed by atoms with Crippen LogP contribution in [0.25, 0.3) is 0 Å². The van der Waals surface area contributed by atoms with Crippen molar-refractivity contribution in [3.8, 4) is 0 Å². The molecule has 6 nitrogen and oxygen atoms in total. The summed E-state index contributed by atoms with van der Waals surface area (Å²) in [4.78, 5) is 10.9. The largest absolute Gasteiger partial charge is 0.480 e. The highest BCUT2D eigenvalue weighted by atomic mass is 32.2. The van der Waals surface area contributed by atoms with Crippen LogP contribution in [0, 0.1) is 19.8 Å². The molecule has 2 rings (SSSR count). The number of benzene rings is 1. The fraction of sp³-hybridized carbons (Fsp3) is 0.562. The van der Waals surface area contributed by atoms with Gasteiger partial charge in [0.2, 0.25) is 10.0 Å². The maximum atomic E-state index is 12.8. The molecule has 1 aliphatic rings. The highest BCUT2D eigenvalue weighted by molar-refractivity contribution is 7.89. The van der Waals surface area contributed by atoms with Gasteiger partial charge in [-0.25, -0.2) is 8.42 Å². The molecule has 0 spiro atoms. The summed E-state index contributed by atoms with van der Waals surface area (Å²) in [6.45, 7) is 5.23. The predicted molar refractivity (Wildman–Crippen MR) is 87.9 cm³/mol. The van der Waals surface area contributed by atoms with E-state index in [1.165, 1.54) is 4.31 Å². The number of carboxylic acids is 1. The first-order valence-electron chi connectivity index (χ1n) is 7.80. The number of carboxylic acid groups (broad SMARTS) is 1. The summed E-state index contributed by atoms with van der Waals surface area (Å²) in [7, 11) is -3.49. The monoisotopic (exact) mass is 340 g/mol. The van der Waals surface area contributed by atoms with E-state index in [2.05, 4.69) is 5.32 Å². The Labute approximate surface area is 137 Å². The minimum Gasteiger partial charge on any atom is -0.480 e. The molecule has 0 saturated carbocycles. The molecule has 1 fully saturated rings. The van der Waals surface area contributed by atoms with Crippen molar-refractivity contribution in [2.45, 2.75) is 31.6 Å². The first-order chi connectivity index (χ1) is 10.8. The fourth-order valence-electron chi connectivity index (χ4n) is 2.82. The Morgan fingerprint density at radius 1 is 1.35 bits per heavy atom. The van der Waals surface area contributed by atoms with E-state index < -0.39 is 16.0 Å². The van der Waals surface area contributed by atoms with E-state index >= 15 is 0 Å². The van der Waals surface area contributed by atoms with E-state index in [0.29, 0.717) is 24.5 Å². The second-order valence-corrected chi connectivity index (χ2v) is 8.08. The summed E-state index contributed by atoms with van der Waals surface area (Å²) >= 11 is 0. The lowest BCUT2D eigenvalue weighted by Crippen LogP contribution is -2.43. The Morgan fingerprint density at radius 3 is 2.74 bits per heavy atom. The zero-order chi connectivity index (χ0) is 17.0. The van der Waals surface area contributed by atoms with Gasteiger partial charge in [0.15, 0.2) is 0 Å². The van der Waals surface area contributed by atoms with Gasteiger partial charge >= 0.3 is 5.97 Å². The fourth-order valence-corrected chi connectivity index (χ4v) is 4.46. The van der Waals surface area contributed by atoms with Gasteiger partial charge in [0.05, 0.1) is 11.4 Å². The van der Waals surface area contributed by atoms with E-state index in [1.807, 2.05) is 19.9 Å². The van der Waals surface area contributed by atoms with Crippen LogP contribution in [-0.4, -0.2) is 50.0 Å². The summed E-state index contributed by atoms with van der Waals surface area (Å²) in [5.74, 6) is -0.759. The molecule has 1 aliphatic heterocycles. The van der Waals surface area contributed by atoms with Crippen LogP contribution in [-0.2, 0) is 14.8 Å². The third-order valence-corrected chi connectivity index (χ3v) is 6.17. The molecular formula is C16H24N2O4S. The number of nitrogens with zero attached hydrogens (tertiary/aromatic N) is 1. The van der Waals surface area contributed by atoms with Crippen LogP contribution in [0.1, 0.15) is 24.0 Å². The number of sulfonamides is 1. The van der Waals surface area contributed by atoms with Crippen molar-refractivity contribution in [2.24, 2.45) is 5.92 Å². The Morgan fingerprint density at radius 2 is 2.09 bits per heavy atom. The van der Waals surface area contributed by atoms with Gasteiger partial charge in [-0.2, -0.15) is 4.31 Å². The molecule has 1 aromatic carbocycles. The van der Waals surface area contributed by atoms with Gasteiger partial charge in [-0.3, -0.25) is 4.79 Å². The lowest BCUT2D eigenvalue weighted by molar-refractivity contribution is -0.136. The summed E-state index contributed by atoms with van der Waals surface area (Å²) in [6.07, 6.45) is 1.70. The average Bonchev–Trinajstić information content (AvgIpc) is 2.50. The molecule has 0 aromatic heterocycles. The quantitative estimate of drug-likeness (QED) is 0.817. The summed E-state index contributed by atoms with van der Waals surface area (Å²) in [6, 6.07) is 5.21. The van der Waals surface area contributed by atoms with Gasteiger partial charge in [0.1, 0.15) is 0 Å². The normalized spacial score (nSPS) is 19.7. The molecule has 7 heteroatoms. The van der Waals surface area contributed by atoms with Crippen LogP contribution >= 0.6 is 0 Å². The van der Waals surface area contributed by atoms with Crippen molar-refractivity contribution >= 4 is 16.0 Å². The van der Waals surface area contributed by atoms with Crippen molar-refractivity contribution < 1.29 is 18.3 Å². The highest BCUT2D eigenvalue weighted by Gasteiger charge is 2.30. The zero-order valence-electron chi connectivity index (χ0n) is 13.6. The number of carbonyl (C=O) groups is 1. The summed E-state index contributed by atoms with van der Waals surface area (Å²) in [5, 5.41) is 11.5.